The van der Waals surface area contributed by atoms with Crippen LogP contribution < -0.4 is 9.64 Å². The van der Waals surface area contributed by atoms with E-state index >= 15 is 0 Å². The average Bonchev–Trinajstić information content (AvgIpc) is 2.88. The van der Waals surface area contributed by atoms with Crippen molar-refractivity contribution >= 4 is 11.8 Å². The summed E-state index contributed by atoms with van der Waals surface area (Å²) >= 11 is 0. The SMILES string of the molecule is COCCOc1ccc(N2C[C@H]3CN(C(=O)OC(C)(C)C)C[C@@H]2C(C)(C)C3)cc1. The Kier molecular flexibility index (Phi) is 6.32. The highest BCUT2D eigenvalue weighted by Gasteiger charge is 2.47. The molecule has 1 amide bonds. The van der Waals surface area contributed by atoms with Crippen LogP contribution in [0.2, 0.25) is 0 Å². The molecule has 2 bridgehead atoms. The van der Waals surface area contributed by atoms with E-state index < -0.39 is 5.60 Å². The van der Waals surface area contributed by atoms with E-state index in [2.05, 4.69) is 30.9 Å². The summed E-state index contributed by atoms with van der Waals surface area (Å²) in [4.78, 5) is 17.2. The number of amides is 1. The van der Waals surface area contributed by atoms with Crippen LogP contribution in [0.5, 0.6) is 5.75 Å². The van der Waals surface area contributed by atoms with Gasteiger partial charge in [-0.3, -0.25) is 0 Å². The molecule has 3 saturated heterocycles. The third kappa shape index (κ3) is 5.35. The summed E-state index contributed by atoms with van der Waals surface area (Å²) in [5.74, 6) is 1.27. The predicted octanol–water partition coefficient (Wildman–Crippen LogP) is 4.18. The third-order valence-electron chi connectivity index (χ3n) is 5.80. The fourth-order valence-corrected chi connectivity index (χ4v) is 4.57. The highest BCUT2D eigenvalue weighted by atomic mass is 16.6. The molecular formula is C23H36N2O4. The van der Waals surface area contributed by atoms with Crippen LogP contribution >= 0.6 is 0 Å². The van der Waals surface area contributed by atoms with E-state index in [-0.39, 0.29) is 17.6 Å². The summed E-state index contributed by atoms with van der Waals surface area (Å²) in [6.07, 6.45) is 0.917. The first-order valence-electron chi connectivity index (χ1n) is 10.6. The summed E-state index contributed by atoms with van der Waals surface area (Å²) < 4.78 is 16.4. The zero-order chi connectivity index (χ0) is 21.2. The minimum atomic E-state index is -0.476. The number of carbonyl (C=O) groups excluding carboxylic acids is 1. The van der Waals surface area contributed by atoms with Crippen LogP contribution in [-0.4, -0.2) is 62.6 Å². The van der Waals surface area contributed by atoms with E-state index in [1.54, 1.807) is 7.11 Å². The van der Waals surface area contributed by atoms with Gasteiger partial charge in [-0.15, -0.1) is 0 Å². The van der Waals surface area contributed by atoms with Crippen molar-refractivity contribution < 1.29 is 19.0 Å². The van der Waals surface area contributed by atoms with E-state index in [1.165, 1.54) is 5.69 Å². The molecule has 29 heavy (non-hydrogen) atoms. The van der Waals surface area contributed by atoms with Crippen LogP contribution in [0.4, 0.5) is 10.5 Å². The van der Waals surface area contributed by atoms with Gasteiger partial charge in [0.2, 0.25) is 0 Å². The lowest BCUT2D eigenvalue weighted by atomic mass is 9.73. The molecule has 3 fully saturated rings. The molecule has 0 N–H and O–H groups in total. The smallest absolute Gasteiger partial charge is 0.410 e. The lowest BCUT2D eigenvalue weighted by molar-refractivity contribution is 0.0240. The summed E-state index contributed by atoms with van der Waals surface area (Å²) in [7, 11) is 1.67. The molecular weight excluding hydrogens is 368 g/mol. The first-order chi connectivity index (χ1) is 13.6. The van der Waals surface area contributed by atoms with Gasteiger partial charge in [-0.25, -0.2) is 4.79 Å². The van der Waals surface area contributed by atoms with Crippen molar-refractivity contribution in [2.24, 2.45) is 11.3 Å². The summed E-state index contributed by atoms with van der Waals surface area (Å²) in [6.45, 7) is 13.9. The molecule has 3 heterocycles. The molecule has 1 aromatic carbocycles. The van der Waals surface area contributed by atoms with E-state index in [0.717, 1.165) is 25.3 Å². The number of rotatable bonds is 5. The molecule has 3 aliphatic rings. The Bertz CT molecular complexity index is 696. The highest BCUT2D eigenvalue weighted by Crippen LogP contribution is 2.43. The van der Waals surface area contributed by atoms with Crippen LogP contribution in [0.3, 0.4) is 0 Å². The second-order valence-electron chi connectivity index (χ2n) is 9.95. The predicted molar refractivity (Wildman–Crippen MR) is 115 cm³/mol. The van der Waals surface area contributed by atoms with Crippen molar-refractivity contribution in [3.8, 4) is 5.75 Å². The second-order valence-corrected chi connectivity index (χ2v) is 9.95. The Balaban J connectivity index is 1.76. The van der Waals surface area contributed by atoms with Gasteiger partial charge < -0.3 is 24.0 Å². The zero-order valence-electron chi connectivity index (χ0n) is 18.7. The van der Waals surface area contributed by atoms with Crippen LogP contribution in [0.25, 0.3) is 0 Å². The molecule has 2 atom stereocenters. The largest absolute Gasteiger partial charge is 0.491 e. The van der Waals surface area contributed by atoms with E-state index in [4.69, 9.17) is 14.2 Å². The van der Waals surface area contributed by atoms with Gasteiger partial charge in [-0.05, 0) is 62.8 Å². The molecule has 0 radical (unpaired) electrons. The summed E-state index contributed by atoms with van der Waals surface area (Å²) in [5.41, 5.74) is 0.821. The molecule has 0 saturated carbocycles. The van der Waals surface area contributed by atoms with Gasteiger partial charge >= 0.3 is 6.09 Å². The first kappa shape index (κ1) is 21.8. The fourth-order valence-electron chi connectivity index (χ4n) is 4.57. The van der Waals surface area contributed by atoms with Crippen molar-refractivity contribution in [1.29, 1.82) is 0 Å². The van der Waals surface area contributed by atoms with Crippen molar-refractivity contribution in [3.63, 3.8) is 0 Å². The topological polar surface area (TPSA) is 51.2 Å². The Labute approximate surface area is 175 Å². The number of piperidine rings is 1. The Morgan fingerprint density at radius 2 is 1.79 bits per heavy atom. The van der Waals surface area contributed by atoms with Gasteiger partial charge in [0, 0.05) is 32.4 Å². The Hall–Kier alpha value is -1.95. The van der Waals surface area contributed by atoms with Crippen LogP contribution in [0, 0.1) is 11.3 Å². The van der Waals surface area contributed by atoms with Gasteiger partial charge in [0.05, 0.1) is 12.6 Å². The number of methoxy groups -OCH3 is 1. The van der Waals surface area contributed by atoms with E-state index in [9.17, 15) is 4.79 Å². The number of hydrogen-bond donors (Lipinski definition) is 0. The molecule has 0 aliphatic carbocycles. The van der Waals surface area contributed by atoms with Crippen molar-refractivity contribution in [1.82, 2.24) is 4.90 Å². The fraction of sp³-hybridized carbons (Fsp3) is 0.696. The molecule has 6 nitrogen and oxygen atoms in total. The van der Waals surface area contributed by atoms with Crippen LogP contribution in [-0.2, 0) is 9.47 Å². The van der Waals surface area contributed by atoms with Crippen LogP contribution in [0.15, 0.2) is 24.3 Å². The van der Waals surface area contributed by atoms with Crippen molar-refractivity contribution in [2.45, 2.75) is 52.7 Å². The van der Waals surface area contributed by atoms with Crippen LogP contribution in [0.1, 0.15) is 41.0 Å². The molecule has 162 valence electrons. The summed E-state index contributed by atoms with van der Waals surface area (Å²) in [6, 6.07) is 8.52. The number of hydrogen-bond acceptors (Lipinski definition) is 5. The third-order valence-corrected chi connectivity index (χ3v) is 5.80. The monoisotopic (exact) mass is 404 g/mol. The summed E-state index contributed by atoms with van der Waals surface area (Å²) in [5, 5.41) is 0. The maximum Gasteiger partial charge on any atom is 0.410 e. The normalized spacial score (nSPS) is 23.7. The quantitative estimate of drug-likeness (QED) is 0.689. The van der Waals surface area contributed by atoms with Crippen molar-refractivity contribution in [3.05, 3.63) is 24.3 Å². The van der Waals surface area contributed by atoms with Gasteiger partial charge in [-0.1, -0.05) is 13.8 Å². The number of fused-ring (bicyclic) bond motifs is 4. The number of benzene rings is 1. The lowest BCUT2D eigenvalue weighted by Gasteiger charge is -2.48. The molecule has 0 aromatic heterocycles. The van der Waals surface area contributed by atoms with Gasteiger partial charge in [0.1, 0.15) is 18.0 Å². The van der Waals surface area contributed by atoms with Gasteiger partial charge in [0.25, 0.3) is 0 Å². The molecule has 4 rings (SSSR count). The number of ether oxygens (including phenoxy) is 3. The molecule has 6 heteroatoms. The standard InChI is InChI=1S/C23H36N2O4/c1-22(2,3)29-21(26)24-14-17-13-23(4,5)20(16-24)25(15-17)18-7-9-19(10-8-18)28-12-11-27-6/h7-10,17,20H,11-16H2,1-6H3/t17-,20-/m1/s1. The molecule has 3 aliphatic heterocycles. The van der Waals surface area contributed by atoms with Crippen molar-refractivity contribution in [2.75, 3.05) is 44.9 Å². The lowest BCUT2D eigenvalue weighted by Crippen LogP contribution is -2.54. The average molecular weight is 405 g/mol. The molecule has 0 unspecified atom stereocenters. The first-order valence-corrected chi connectivity index (χ1v) is 10.6. The molecule has 0 spiro atoms. The number of anilines is 1. The second kappa shape index (κ2) is 8.42. The number of nitrogens with zero attached hydrogens (tertiary/aromatic N) is 2. The maximum atomic E-state index is 12.8. The molecule has 1 aromatic rings. The van der Waals surface area contributed by atoms with E-state index in [0.29, 0.717) is 25.7 Å². The Morgan fingerprint density at radius 1 is 1.10 bits per heavy atom. The van der Waals surface area contributed by atoms with Gasteiger partial charge in [-0.2, -0.15) is 0 Å². The Morgan fingerprint density at radius 3 is 2.41 bits per heavy atom. The maximum absolute atomic E-state index is 12.8. The minimum absolute atomic E-state index is 0.118. The highest BCUT2D eigenvalue weighted by molar-refractivity contribution is 5.68. The zero-order valence-corrected chi connectivity index (χ0v) is 18.7. The number of carbonyl (C=O) groups is 1. The van der Waals surface area contributed by atoms with E-state index in [1.807, 2.05) is 37.8 Å². The minimum Gasteiger partial charge on any atom is -0.491 e. The van der Waals surface area contributed by atoms with Gasteiger partial charge in [0.15, 0.2) is 0 Å².